The Hall–Kier alpha value is -3.22. The Kier molecular flexibility index (Phi) is 6.14. The summed E-state index contributed by atoms with van der Waals surface area (Å²) >= 11 is 0. The molecule has 1 aromatic carbocycles. The predicted molar refractivity (Wildman–Crippen MR) is 100 cm³/mol. The van der Waals surface area contributed by atoms with Gasteiger partial charge in [0.15, 0.2) is 0 Å². The number of carbonyl (C=O) groups is 3. The number of hydrogen-bond acceptors (Lipinski definition) is 4. The Morgan fingerprint density at radius 2 is 1.67 bits per heavy atom. The Bertz CT molecular complexity index is 802. The Labute approximate surface area is 158 Å². The highest BCUT2D eigenvalue weighted by Crippen LogP contribution is 2.08. The van der Waals surface area contributed by atoms with Crippen LogP contribution < -0.4 is 5.32 Å². The molecule has 3 amide bonds. The van der Waals surface area contributed by atoms with Crippen LogP contribution in [-0.4, -0.2) is 65.7 Å². The minimum absolute atomic E-state index is 0.223. The molecule has 0 radical (unpaired) electrons. The van der Waals surface area contributed by atoms with Gasteiger partial charge in [-0.1, -0.05) is 36.4 Å². The summed E-state index contributed by atoms with van der Waals surface area (Å²) in [5.74, 6) is -0.522. The van der Waals surface area contributed by atoms with Gasteiger partial charge in [0.1, 0.15) is 11.4 Å². The standard InChI is InChI=1S/C20H22N4O3/c25-15-23-11-13-24(14-12-23)20(27)18-8-4-7-17(22-18)19(26)21-10-9-16-5-2-1-3-6-16/h1-8,15H,9-14H2,(H,21,26). The number of carbonyl (C=O) groups excluding carboxylic acids is 3. The van der Waals surface area contributed by atoms with E-state index in [2.05, 4.69) is 10.3 Å². The van der Waals surface area contributed by atoms with Crippen molar-refractivity contribution in [3.8, 4) is 0 Å². The van der Waals surface area contributed by atoms with Gasteiger partial charge in [0.05, 0.1) is 0 Å². The van der Waals surface area contributed by atoms with E-state index in [0.29, 0.717) is 32.7 Å². The quantitative estimate of drug-likeness (QED) is 0.773. The van der Waals surface area contributed by atoms with Crippen LogP contribution in [0.3, 0.4) is 0 Å². The van der Waals surface area contributed by atoms with Crippen LogP contribution in [0.4, 0.5) is 0 Å². The van der Waals surface area contributed by atoms with Crippen LogP contribution in [0.15, 0.2) is 48.5 Å². The van der Waals surface area contributed by atoms with Crippen LogP contribution >= 0.6 is 0 Å². The maximum absolute atomic E-state index is 12.6. The van der Waals surface area contributed by atoms with Gasteiger partial charge < -0.3 is 15.1 Å². The van der Waals surface area contributed by atoms with Crippen LogP contribution in [-0.2, 0) is 11.2 Å². The maximum Gasteiger partial charge on any atom is 0.272 e. The molecule has 1 N–H and O–H groups in total. The van der Waals surface area contributed by atoms with Crippen molar-refractivity contribution in [1.29, 1.82) is 0 Å². The molecule has 1 aliphatic heterocycles. The van der Waals surface area contributed by atoms with Crippen molar-refractivity contribution in [2.75, 3.05) is 32.7 Å². The van der Waals surface area contributed by atoms with Crippen LogP contribution in [0.25, 0.3) is 0 Å². The minimum atomic E-state index is -0.300. The van der Waals surface area contributed by atoms with Gasteiger partial charge in [-0.3, -0.25) is 14.4 Å². The van der Waals surface area contributed by atoms with E-state index in [4.69, 9.17) is 0 Å². The first-order valence-electron chi connectivity index (χ1n) is 8.95. The summed E-state index contributed by atoms with van der Waals surface area (Å²) in [5, 5.41) is 2.83. The fraction of sp³-hybridized carbons (Fsp3) is 0.300. The zero-order chi connectivity index (χ0) is 19.1. The van der Waals surface area contributed by atoms with Gasteiger partial charge in [-0.15, -0.1) is 0 Å². The van der Waals surface area contributed by atoms with Gasteiger partial charge in [-0.05, 0) is 24.1 Å². The van der Waals surface area contributed by atoms with E-state index in [1.165, 1.54) is 0 Å². The summed E-state index contributed by atoms with van der Waals surface area (Å²) in [6.45, 7) is 2.44. The fourth-order valence-corrected chi connectivity index (χ4v) is 2.93. The van der Waals surface area contributed by atoms with Crippen LogP contribution in [0.1, 0.15) is 26.5 Å². The number of amides is 3. The molecule has 1 aliphatic rings. The fourth-order valence-electron chi connectivity index (χ4n) is 2.93. The molecule has 7 heteroatoms. The molecule has 0 atom stereocenters. The molecule has 0 bridgehead atoms. The number of nitrogens with zero attached hydrogens (tertiary/aromatic N) is 3. The van der Waals surface area contributed by atoms with Gasteiger partial charge in [-0.25, -0.2) is 4.98 Å². The van der Waals surface area contributed by atoms with Crippen LogP contribution in [0.2, 0.25) is 0 Å². The summed E-state index contributed by atoms with van der Waals surface area (Å²) in [5.41, 5.74) is 1.61. The molecule has 7 nitrogen and oxygen atoms in total. The number of hydrogen-bond donors (Lipinski definition) is 1. The number of pyridine rings is 1. The molecule has 0 unspecified atom stereocenters. The molecule has 1 aromatic heterocycles. The highest BCUT2D eigenvalue weighted by atomic mass is 16.2. The minimum Gasteiger partial charge on any atom is -0.350 e. The summed E-state index contributed by atoms with van der Waals surface area (Å²) in [6.07, 6.45) is 1.52. The lowest BCUT2D eigenvalue weighted by Gasteiger charge is -2.32. The lowest BCUT2D eigenvalue weighted by molar-refractivity contribution is -0.119. The second-order valence-corrected chi connectivity index (χ2v) is 6.33. The van der Waals surface area contributed by atoms with Gasteiger partial charge in [-0.2, -0.15) is 0 Å². The summed E-state index contributed by atoms with van der Waals surface area (Å²) in [4.78, 5) is 43.2. The van der Waals surface area contributed by atoms with E-state index in [1.54, 1.807) is 28.0 Å². The average molecular weight is 366 g/mol. The average Bonchev–Trinajstić information content (AvgIpc) is 2.74. The van der Waals surface area contributed by atoms with Crippen molar-refractivity contribution >= 4 is 18.2 Å². The summed E-state index contributed by atoms with van der Waals surface area (Å²) < 4.78 is 0. The predicted octanol–water partition coefficient (Wildman–Crippen LogP) is 0.968. The van der Waals surface area contributed by atoms with Crippen molar-refractivity contribution in [2.24, 2.45) is 0 Å². The highest BCUT2D eigenvalue weighted by Gasteiger charge is 2.22. The lowest BCUT2D eigenvalue weighted by atomic mass is 10.1. The second kappa shape index (κ2) is 8.93. The normalized spacial score (nSPS) is 13.9. The Morgan fingerprint density at radius 3 is 2.37 bits per heavy atom. The molecule has 140 valence electrons. The van der Waals surface area contributed by atoms with Gasteiger partial charge in [0.2, 0.25) is 6.41 Å². The highest BCUT2D eigenvalue weighted by molar-refractivity contribution is 5.96. The van der Waals surface area contributed by atoms with Crippen molar-refractivity contribution in [2.45, 2.75) is 6.42 Å². The van der Waals surface area contributed by atoms with E-state index < -0.39 is 0 Å². The van der Waals surface area contributed by atoms with Crippen molar-refractivity contribution < 1.29 is 14.4 Å². The molecule has 0 aliphatic carbocycles. The van der Waals surface area contributed by atoms with Gasteiger partial charge in [0, 0.05) is 32.7 Å². The maximum atomic E-state index is 12.6. The van der Waals surface area contributed by atoms with E-state index >= 15 is 0 Å². The Balaban J connectivity index is 1.57. The number of aromatic nitrogens is 1. The molecule has 0 spiro atoms. The van der Waals surface area contributed by atoms with Gasteiger partial charge in [0.25, 0.3) is 11.8 Å². The van der Waals surface area contributed by atoms with Crippen LogP contribution in [0, 0.1) is 0 Å². The van der Waals surface area contributed by atoms with E-state index in [0.717, 1.165) is 18.4 Å². The molecule has 3 rings (SSSR count). The largest absolute Gasteiger partial charge is 0.350 e. The smallest absolute Gasteiger partial charge is 0.272 e. The van der Waals surface area contributed by atoms with E-state index in [-0.39, 0.29) is 23.2 Å². The van der Waals surface area contributed by atoms with Crippen molar-refractivity contribution in [3.63, 3.8) is 0 Å². The number of piperazine rings is 1. The summed E-state index contributed by atoms with van der Waals surface area (Å²) in [7, 11) is 0. The third kappa shape index (κ3) is 4.91. The zero-order valence-electron chi connectivity index (χ0n) is 15.0. The molecular formula is C20H22N4O3. The van der Waals surface area contributed by atoms with Crippen LogP contribution in [0.5, 0.6) is 0 Å². The molecule has 27 heavy (non-hydrogen) atoms. The third-order valence-corrected chi connectivity index (χ3v) is 4.49. The monoisotopic (exact) mass is 366 g/mol. The first-order chi connectivity index (χ1) is 13.2. The molecule has 0 saturated carbocycles. The molecule has 1 fully saturated rings. The van der Waals surface area contributed by atoms with E-state index in [1.807, 2.05) is 30.3 Å². The number of nitrogens with one attached hydrogen (secondary N) is 1. The first-order valence-corrected chi connectivity index (χ1v) is 8.95. The lowest BCUT2D eigenvalue weighted by Crippen LogP contribution is -2.48. The second-order valence-electron chi connectivity index (χ2n) is 6.33. The topological polar surface area (TPSA) is 82.6 Å². The zero-order valence-corrected chi connectivity index (χ0v) is 15.0. The molecule has 2 heterocycles. The first kappa shape index (κ1) is 18.6. The Morgan fingerprint density at radius 1 is 0.963 bits per heavy atom. The van der Waals surface area contributed by atoms with Crippen molar-refractivity contribution in [1.82, 2.24) is 20.1 Å². The molecular weight excluding hydrogens is 344 g/mol. The summed E-state index contributed by atoms with van der Waals surface area (Å²) in [6, 6.07) is 14.8. The molecule has 1 saturated heterocycles. The molecule has 2 aromatic rings. The third-order valence-electron chi connectivity index (χ3n) is 4.49. The number of rotatable bonds is 6. The van der Waals surface area contributed by atoms with Crippen molar-refractivity contribution in [3.05, 3.63) is 65.5 Å². The SMILES string of the molecule is O=CN1CCN(C(=O)c2cccc(C(=O)NCCc3ccccc3)n2)CC1. The van der Waals surface area contributed by atoms with Gasteiger partial charge >= 0.3 is 0 Å². The number of benzene rings is 1. The van der Waals surface area contributed by atoms with E-state index in [9.17, 15) is 14.4 Å².